The minimum Gasteiger partial charge on any atom is -0.358 e. The molecular weight excluding hydrogens is 250 g/mol. The molecule has 1 aromatic rings. The molecule has 1 amide bonds. The molecule has 0 aliphatic carbocycles. The second-order valence-electron chi connectivity index (χ2n) is 2.42. The summed E-state index contributed by atoms with van der Waals surface area (Å²) in [6, 6.07) is 7.90. The summed E-state index contributed by atoms with van der Waals surface area (Å²) >= 11 is 4.88. The van der Waals surface area contributed by atoms with Gasteiger partial charge in [0, 0.05) is 16.4 Å². The molecule has 1 aromatic carbocycles. The van der Waals surface area contributed by atoms with Crippen LogP contribution in [-0.4, -0.2) is 18.7 Å². The molecule has 0 fully saturated rings. The van der Waals surface area contributed by atoms with Crippen LogP contribution in [-0.2, 0) is 4.79 Å². The second-order valence-corrected chi connectivity index (χ2v) is 4.38. The average Bonchev–Trinajstić information content (AvgIpc) is 2.16. The Morgan fingerprint density at radius 1 is 1.46 bits per heavy atom. The third-order valence-corrected chi connectivity index (χ3v) is 3.00. The lowest BCUT2D eigenvalue weighted by Crippen LogP contribution is -2.19. The topological polar surface area (TPSA) is 29.1 Å². The first-order valence-electron chi connectivity index (χ1n) is 3.81. The van der Waals surface area contributed by atoms with E-state index >= 15 is 0 Å². The smallest absolute Gasteiger partial charge is 0.230 e. The van der Waals surface area contributed by atoms with E-state index in [1.54, 1.807) is 7.05 Å². The van der Waals surface area contributed by atoms with Crippen LogP contribution in [0.1, 0.15) is 0 Å². The van der Waals surface area contributed by atoms with Crippen molar-refractivity contribution in [3.63, 3.8) is 0 Å². The predicted molar refractivity (Wildman–Crippen MR) is 58.9 cm³/mol. The van der Waals surface area contributed by atoms with E-state index in [0.717, 1.165) is 9.37 Å². The van der Waals surface area contributed by atoms with Crippen LogP contribution in [0.5, 0.6) is 0 Å². The second kappa shape index (κ2) is 5.29. The number of rotatable bonds is 3. The first kappa shape index (κ1) is 10.6. The van der Waals surface area contributed by atoms with Crippen molar-refractivity contribution in [2.45, 2.75) is 4.90 Å². The van der Waals surface area contributed by atoms with E-state index in [0.29, 0.717) is 5.75 Å². The van der Waals surface area contributed by atoms with E-state index in [-0.39, 0.29) is 5.91 Å². The van der Waals surface area contributed by atoms with Gasteiger partial charge in [0.2, 0.25) is 5.91 Å². The lowest BCUT2D eigenvalue weighted by atomic mass is 10.4. The lowest BCUT2D eigenvalue weighted by Gasteiger charge is -2.00. The average molecular weight is 260 g/mol. The molecule has 0 unspecified atom stereocenters. The third-order valence-electron chi connectivity index (χ3n) is 1.46. The largest absolute Gasteiger partial charge is 0.358 e. The molecule has 0 saturated heterocycles. The molecule has 1 N–H and O–H groups in total. The van der Waals surface area contributed by atoms with Crippen molar-refractivity contribution >= 4 is 33.6 Å². The summed E-state index contributed by atoms with van der Waals surface area (Å²) in [6.45, 7) is 0. The zero-order valence-electron chi connectivity index (χ0n) is 7.21. The maximum absolute atomic E-state index is 10.9. The van der Waals surface area contributed by atoms with Crippen molar-refractivity contribution < 1.29 is 4.79 Å². The van der Waals surface area contributed by atoms with Gasteiger partial charge < -0.3 is 5.32 Å². The van der Waals surface area contributed by atoms with Gasteiger partial charge >= 0.3 is 0 Å². The number of nitrogens with one attached hydrogen (secondary N) is 1. The van der Waals surface area contributed by atoms with Crippen LogP contribution in [0.3, 0.4) is 0 Å². The Labute approximate surface area is 90.2 Å². The number of hydrogen-bond donors (Lipinski definition) is 1. The lowest BCUT2D eigenvalue weighted by molar-refractivity contribution is -0.118. The summed E-state index contributed by atoms with van der Waals surface area (Å²) in [5.74, 6) is 0.519. The van der Waals surface area contributed by atoms with Crippen molar-refractivity contribution in [2.24, 2.45) is 0 Å². The number of carbonyl (C=O) groups excluding carboxylic acids is 1. The van der Waals surface area contributed by atoms with Gasteiger partial charge in [-0.3, -0.25) is 4.79 Å². The molecule has 2 nitrogen and oxygen atoms in total. The van der Waals surface area contributed by atoms with Crippen molar-refractivity contribution in [3.8, 4) is 0 Å². The zero-order valence-corrected chi connectivity index (χ0v) is 9.61. The van der Waals surface area contributed by atoms with Crippen LogP contribution in [0.2, 0.25) is 0 Å². The first-order chi connectivity index (χ1) is 6.22. The summed E-state index contributed by atoms with van der Waals surface area (Å²) in [4.78, 5) is 12.0. The maximum Gasteiger partial charge on any atom is 0.230 e. The van der Waals surface area contributed by atoms with E-state index in [1.807, 2.05) is 24.3 Å². The molecule has 0 heterocycles. The number of thioether (sulfide) groups is 1. The van der Waals surface area contributed by atoms with Gasteiger partial charge in [-0.05, 0) is 24.3 Å². The number of hydrogen-bond acceptors (Lipinski definition) is 2. The SMILES string of the molecule is CNC(=O)CSc1ccc(Br)cc1. The van der Waals surface area contributed by atoms with E-state index < -0.39 is 0 Å². The fourth-order valence-electron chi connectivity index (χ4n) is 0.752. The molecule has 0 aliphatic heterocycles. The molecule has 13 heavy (non-hydrogen) atoms. The molecular formula is C9H10BrNOS. The minimum atomic E-state index is 0.0490. The van der Waals surface area contributed by atoms with E-state index in [4.69, 9.17) is 0 Å². The van der Waals surface area contributed by atoms with Gasteiger partial charge in [0.25, 0.3) is 0 Å². The quantitative estimate of drug-likeness (QED) is 0.845. The highest BCUT2D eigenvalue weighted by Crippen LogP contribution is 2.19. The highest BCUT2D eigenvalue weighted by atomic mass is 79.9. The van der Waals surface area contributed by atoms with E-state index in [2.05, 4.69) is 21.2 Å². The molecule has 1 rings (SSSR count). The van der Waals surface area contributed by atoms with Crippen LogP contribution >= 0.6 is 27.7 Å². The highest BCUT2D eigenvalue weighted by molar-refractivity contribution is 9.10. The molecule has 4 heteroatoms. The summed E-state index contributed by atoms with van der Waals surface area (Å²) in [6.07, 6.45) is 0. The molecule has 0 saturated carbocycles. The van der Waals surface area contributed by atoms with Gasteiger partial charge in [-0.25, -0.2) is 0 Å². The fourth-order valence-corrected chi connectivity index (χ4v) is 1.79. The summed E-state index contributed by atoms with van der Waals surface area (Å²) in [5.41, 5.74) is 0. The Bertz CT molecular complexity index is 286. The Morgan fingerprint density at radius 2 is 2.08 bits per heavy atom. The molecule has 0 aliphatic rings. The van der Waals surface area contributed by atoms with E-state index in [9.17, 15) is 4.79 Å². The van der Waals surface area contributed by atoms with Gasteiger partial charge in [0.05, 0.1) is 5.75 Å². The van der Waals surface area contributed by atoms with Crippen LogP contribution in [0, 0.1) is 0 Å². The Balaban J connectivity index is 2.46. The van der Waals surface area contributed by atoms with Gasteiger partial charge in [0.1, 0.15) is 0 Å². The van der Waals surface area contributed by atoms with Crippen LogP contribution in [0.25, 0.3) is 0 Å². The highest BCUT2D eigenvalue weighted by Gasteiger charge is 1.99. The summed E-state index contributed by atoms with van der Waals surface area (Å²) in [5, 5.41) is 2.58. The molecule has 0 aromatic heterocycles. The van der Waals surface area contributed by atoms with Crippen LogP contribution in [0.15, 0.2) is 33.6 Å². The van der Waals surface area contributed by atoms with Gasteiger partial charge in [-0.2, -0.15) is 0 Å². The standard InChI is InChI=1S/C9H10BrNOS/c1-11-9(12)6-13-8-4-2-7(10)3-5-8/h2-5H,6H2,1H3,(H,11,12). The van der Waals surface area contributed by atoms with Crippen LogP contribution < -0.4 is 5.32 Å². The molecule has 0 bridgehead atoms. The Hall–Kier alpha value is -0.480. The third kappa shape index (κ3) is 3.83. The number of carbonyl (C=O) groups is 1. The number of benzene rings is 1. The minimum absolute atomic E-state index is 0.0490. The number of amides is 1. The molecule has 0 spiro atoms. The normalized spacial score (nSPS) is 9.69. The van der Waals surface area contributed by atoms with Crippen molar-refractivity contribution in [1.29, 1.82) is 0 Å². The zero-order chi connectivity index (χ0) is 9.68. The van der Waals surface area contributed by atoms with Gasteiger partial charge in [-0.15, -0.1) is 11.8 Å². The summed E-state index contributed by atoms with van der Waals surface area (Å²) in [7, 11) is 1.64. The monoisotopic (exact) mass is 259 g/mol. The van der Waals surface area contributed by atoms with Crippen molar-refractivity contribution in [2.75, 3.05) is 12.8 Å². The molecule has 0 radical (unpaired) electrons. The van der Waals surface area contributed by atoms with Crippen LogP contribution in [0.4, 0.5) is 0 Å². The Kier molecular flexibility index (Phi) is 4.32. The maximum atomic E-state index is 10.9. The van der Waals surface area contributed by atoms with Crippen molar-refractivity contribution in [3.05, 3.63) is 28.7 Å². The fraction of sp³-hybridized carbons (Fsp3) is 0.222. The molecule has 70 valence electrons. The van der Waals surface area contributed by atoms with Gasteiger partial charge in [0.15, 0.2) is 0 Å². The number of halogens is 1. The first-order valence-corrected chi connectivity index (χ1v) is 5.59. The Morgan fingerprint density at radius 3 is 2.62 bits per heavy atom. The molecule has 0 atom stereocenters. The van der Waals surface area contributed by atoms with Crippen molar-refractivity contribution in [1.82, 2.24) is 5.32 Å². The van der Waals surface area contributed by atoms with Gasteiger partial charge in [-0.1, -0.05) is 15.9 Å². The predicted octanol–water partition coefficient (Wildman–Crippen LogP) is 2.29. The summed E-state index contributed by atoms with van der Waals surface area (Å²) < 4.78 is 1.05. The van der Waals surface area contributed by atoms with E-state index in [1.165, 1.54) is 11.8 Å².